The van der Waals surface area contributed by atoms with Crippen LogP contribution in [0.25, 0.3) is 0 Å². The molecule has 0 aromatic carbocycles. The van der Waals surface area contributed by atoms with Crippen LogP contribution >= 0.6 is 0 Å². The third-order valence-electron chi connectivity index (χ3n) is 0.613. The van der Waals surface area contributed by atoms with Gasteiger partial charge in [-0.1, -0.05) is 0 Å². The van der Waals surface area contributed by atoms with Crippen molar-refractivity contribution in [3.63, 3.8) is 0 Å². The Labute approximate surface area is 36.5 Å². The molecule has 0 amide bonds. The van der Waals surface area contributed by atoms with Gasteiger partial charge in [0.1, 0.15) is 0 Å². The molecule has 0 saturated heterocycles. The maximum Gasteiger partial charge on any atom is 0.0915 e. The van der Waals surface area contributed by atoms with Crippen LogP contribution in [-0.4, -0.2) is 19.7 Å². The second kappa shape index (κ2) is 1.77. The zero-order chi connectivity index (χ0) is 4.24. The molecule has 1 heterocycles. The first-order valence-corrected chi connectivity index (χ1v) is 1.92. The van der Waals surface area contributed by atoms with Crippen LogP contribution in [0, 0.1) is 0 Å². The molecule has 3 heteroatoms. The highest BCUT2D eigenvalue weighted by Gasteiger charge is 1.82. The Balaban J connectivity index is 2.26. The van der Waals surface area contributed by atoms with Crippen molar-refractivity contribution in [2.45, 2.75) is 0 Å². The van der Waals surface area contributed by atoms with Gasteiger partial charge in [-0.05, 0) is 0 Å². The first kappa shape index (κ1) is 3.61. The van der Waals surface area contributed by atoms with E-state index in [1.165, 1.54) is 0 Å². The lowest BCUT2D eigenvalue weighted by molar-refractivity contribution is 0.656. The van der Waals surface area contributed by atoms with Gasteiger partial charge in [0.2, 0.25) is 0 Å². The Hall–Kier alpha value is -0.570. The zero-order valence-electron chi connectivity index (χ0n) is 3.44. The topological polar surface area (TPSA) is 36.4 Å². The van der Waals surface area contributed by atoms with Crippen LogP contribution in [0.4, 0.5) is 0 Å². The van der Waals surface area contributed by atoms with Crippen LogP contribution in [0.1, 0.15) is 0 Å². The van der Waals surface area contributed by atoms with Crippen LogP contribution in [0.3, 0.4) is 0 Å². The fraction of sp³-hybridized carbons (Fsp3) is 0.667. The highest BCUT2D eigenvalue weighted by Crippen LogP contribution is 1.62. The van der Waals surface area contributed by atoms with E-state index in [1.807, 2.05) is 0 Å². The van der Waals surface area contributed by atoms with Crippen LogP contribution in [0.2, 0.25) is 0 Å². The standard InChI is InChI=1S/C3H7N3/c1-4-2-6-3-5-1/h1,6H,2-3H2,(H,4,5). The third-order valence-corrected chi connectivity index (χ3v) is 0.613. The molecule has 0 aromatic heterocycles. The number of hydrogen-bond acceptors (Lipinski definition) is 3. The monoisotopic (exact) mass is 85.1 g/mol. The molecule has 0 atom stereocenters. The van der Waals surface area contributed by atoms with Gasteiger partial charge >= 0.3 is 0 Å². The SMILES string of the molecule is C1=NCNCN1. The third kappa shape index (κ3) is 0.687. The molecule has 1 aliphatic heterocycles. The Morgan fingerprint density at radius 1 is 1.67 bits per heavy atom. The van der Waals surface area contributed by atoms with Gasteiger partial charge < -0.3 is 5.32 Å². The van der Waals surface area contributed by atoms with Gasteiger partial charge in [0, 0.05) is 0 Å². The number of nitrogens with zero attached hydrogens (tertiary/aromatic N) is 1. The van der Waals surface area contributed by atoms with E-state index in [4.69, 9.17) is 0 Å². The van der Waals surface area contributed by atoms with Crippen LogP contribution in [0.15, 0.2) is 4.99 Å². The van der Waals surface area contributed by atoms with E-state index in [0.717, 1.165) is 13.3 Å². The Bertz CT molecular complexity index is 51.1. The first-order valence-electron chi connectivity index (χ1n) is 1.92. The maximum atomic E-state index is 3.83. The van der Waals surface area contributed by atoms with E-state index in [1.54, 1.807) is 6.34 Å². The second-order valence-corrected chi connectivity index (χ2v) is 1.10. The van der Waals surface area contributed by atoms with Crippen molar-refractivity contribution in [3.05, 3.63) is 0 Å². The lowest BCUT2D eigenvalue weighted by Gasteiger charge is -2.04. The molecule has 1 aliphatic rings. The van der Waals surface area contributed by atoms with Crippen LogP contribution in [0.5, 0.6) is 0 Å². The van der Waals surface area contributed by atoms with Crippen LogP contribution in [-0.2, 0) is 0 Å². The average molecular weight is 85.1 g/mol. The van der Waals surface area contributed by atoms with E-state index >= 15 is 0 Å². The van der Waals surface area contributed by atoms with E-state index < -0.39 is 0 Å². The molecule has 6 heavy (non-hydrogen) atoms. The molecule has 0 spiro atoms. The normalized spacial score (nSPS) is 20.0. The molecule has 0 saturated carbocycles. The molecular weight excluding hydrogens is 78.1 g/mol. The predicted molar refractivity (Wildman–Crippen MR) is 24.5 cm³/mol. The summed E-state index contributed by atoms with van der Waals surface area (Å²) in [5.74, 6) is 0. The molecule has 0 radical (unpaired) electrons. The zero-order valence-corrected chi connectivity index (χ0v) is 3.44. The van der Waals surface area contributed by atoms with Gasteiger partial charge in [-0.3, -0.25) is 10.3 Å². The Morgan fingerprint density at radius 3 is 2.83 bits per heavy atom. The summed E-state index contributed by atoms with van der Waals surface area (Å²) >= 11 is 0. The molecule has 0 aromatic rings. The summed E-state index contributed by atoms with van der Waals surface area (Å²) in [5.41, 5.74) is 0. The van der Waals surface area contributed by atoms with E-state index in [9.17, 15) is 0 Å². The molecule has 0 unspecified atom stereocenters. The van der Waals surface area contributed by atoms with Gasteiger partial charge in [-0.25, -0.2) is 0 Å². The van der Waals surface area contributed by atoms with E-state index in [0.29, 0.717) is 0 Å². The van der Waals surface area contributed by atoms with Crippen molar-refractivity contribution in [3.8, 4) is 0 Å². The van der Waals surface area contributed by atoms with Crippen molar-refractivity contribution in [1.29, 1.82) is 0 Å². The smallest absolute Gasteiger partial charge is 0.0915 e. The summed E-state index contributed by atoms with van der Waals surface area (Å²) in [7, 11) is 0. The molecule has 0 aliphatic carbocycles. The van der Waals surface area contributed by atoms with Crippen molar-refractivity contribution >= 4 is 6.34 Å². The lowest BCUT2D eigenvalue weighted by Crippen LogP contribution is -2.32. The fourth-order valence-electron chi connectivity index (χ4n) is 0.348. The summed E-state index contributed by atoms with van der Waals surface area (Å²) in [6, 6.07) is 0. The number of nitrogens with one attached hydrogen (secondary N) is 2. The summed E-state index contributed by atoms with van der Waals surface area (Å²) in [6.07, 6.45) is 1.70. The lowest BCUT2D eigenvalue weighted by atomic mass is 10.8. The van der Waals surface area contributed by atoms with Crippen molar-refractivity contribution in [2.75, 3.05) is 13.3 Å². The van der Waals surface area contributed by atoms with Crippen molar-refractivity contribution in [1.82, 2.24) is 10.6 Å². The van der Waals surface area contributed by atoms with Crippen LogP contribution < -0.4 is 10.6 Å². The van der Waals surface area contributed by atoms with Crippen molar-refractivity contribution in [2.24, 2.45) is 4.99 Å². The van der Waals surface area contributed by atoms with E-state index in [-0.39, 0.29) is 0 Å². The van der Waals surface area contributed by atoms with E-state index in [2.05, 4.69) is 15.6 Å². The fourth-order valence-corrected chi connectivity index (χ4v) is 0.348. The molecule has 34 valence electrons. The van der Waals surface area contributed by atoms with Gasteiger partial charge in [0.15, 0.2) is 0 Å². The molecule has 0 fully saturated rings. The van der Waals surface area contributed by atoms with Gasteiger partial charge in [0.25, 0.3) is 0 Å². The predicted octanol–water partition coefficient (Wildman–Crippen LogP) is -0.878. The minimum Gasteiger partial charge on any atom is -0.364 e. The molecule has 3 nitrogen and oxygen atoms in total. The van der Waals surface area contributed by atoms with Gasteiger partial charge in [-0.15, -0.1) is 0 Å². The quantitative estimate of drug-likeness (QED) is 0.401. The summed E-state index contributed by atoms with van der Waals surface area (Å²) in [4.78, 5) is 3.83. The second-order valence-electron chi connectivity index (χ2n) is 1.10. The van der Waals surface area contributed by atoms with Crippen molar-refractivity contribution < 1.29 is 0 Å². The Kier molecular flexibility index (Phi) is 1.06. The molecule has 2 N–H and O–H groups in total. The molecule has 1 rings (SSSR count). The van der Waals surface area contributed by atoms with Gasteiger partial charge in [-0.2, -0.15) is 0 Å². The number of aliphatic imine (C=N–C) groups is 1. The summed E-state index contributed by atoms with van der Waals surface area (Å²) in [5, 5.41) is 5.86. The summed E-state index contributed by atoms with van der Waals surface area (Å²) < 4.78 is 0. The minimum atomic E-state index is 0.757. The number of hydrogen-bond donors (Lipinski definition) is 2. The van der Waals surface area contributed by atoms with Gasteiger partial charge in [0.05, 0.1) is 19.7 Å². The Morgan fingerprint density at radius 2 is 2.67 bits per heavy atom. The maximum absolute atomic E-state index is 3.83. The highest BCUT2D eigenvalue weighted by molar-refractivity contribution is 5.54. The largest absolute Gasteiger partial charge is 0.364 e. The molecule has 0 bridgehead atoms. The molecular formula is C3H7N3. The summed E-state index contributed by atoms with van der Waals surface area (Å²) in [6.45, 7) is 1.61. The minimum absolute atomic E-state index is 0.757. The average Bonchev–Trinajstić information content (AvgIpc) is 1.72. The number of rotatable bonds is 0. The highest BCUT2D eigenvalue weighted by atomic mass is 15.2. The first-order chi connectivity index (χ1) is 3.00.